The summed E-state index contributed by atoms with van der Waals surface area (Å²) >= 11 is 0. The molecule has 0 aromatic heterocycles. The number of carbonyl (C=O) groups excluding carboxylic acids is 2. The quantitative estimate of drug-likeness (QED) is 0.453. The fourth-order valence-corrected chi connectivity index (χ4v) is 4.21. The van der Waals surface area contributed by atoms with Crippen molar-refractivity contribution in [2.45, 2.75) is 32.9 Å². The molecule has 0 saturated carbocycles. The Labute approximate surface area is 205 Å². The first kappa shape index (κ1) is 25.9. The minimum atomic E-state index is -3.64. The molecular weight excluding hydrogens is 469 g/mol. The maximum Gasteiger partial charge on any atom is 0.255 e. The van der Waals surface area contributed by atoms with E-state index < -0.39 is 21.7 Å². The zero-order valence-corrected chi connectivity index (χ0v) is 20.6. The molecule has 3 aromatic rings. The highest BCUT2D eigenvalue weighted by molar-refractivity contribution is 7.92. The molecule has 0 aliphatic carbocycles. The second kappa shape index (κ2) is 11.1. The van der Waals surface area contributed by atoms with E-state index in [2.05, 4.69) is 10.6 Å². The van der Waals surface area contributed by atoms with Crippen LogP contribution < -0.4 is 14.9 Å². The van der Waals surface area contributed by atoms with Gasteiger partial charge in [-0.05, 0) is 67.4 Å². The molecule has 0 radical (unpaired) electrons. The van der Waals surface area contributed by atoms with Gasteiger partial charge in [0, 0.05) is 11.6 Å². The maximum atomic E-state index is 13.2. The molecule has 2 N–H and O–H groups in total. The highest BCUT2D eigenvalue weighted by Crippen LogP contribution is 2.23. The zero-order valence-electron chi connectivity index (χ0n) is 19.8. The molecule has 1 atom stereocenters. The number of anilines is 2. The van der Waals surface area contributed by atoms with Crippen LogP contribution in [0.1, 0.15) is 46.5 Å². The van der Waals surface area contributed by atoms with Crippen molar-refractivity contribution >= 4 is 33.2 Å². The van der Waals surface area contributed by atoms with Crippen LogP contribution in [0.5, 0.6) is 0 Å². The number of rotatable bonds is 9. The van der Waals surface area contributed by atoms with Gasteiger partial charge in [0.15, 0.2) is 0 Å². The summed E-state index contributed by atoms with van der Waals surface area (Å²) in [5.41, 5.74) is 1.99. The van der Waals surface area contributed by atoms with E-state index in [-0.39, 0.29) is 18.5 Å². The van der Waals surface area contributed by atoms with Gasteiger partial charge in [-0.2, -0.15) is 0 Å². The lowest BCUT2D eigenvalue weighted by Crippen LogP contribution is -2.32. The summed E-state index contributed by atoms with van der Waals surface area (Å²) in [6, 6.07) is 18.4. The van der Waals surface area contributed by atoms with E-state index in [0.29, 0.717) is 28.1 Å². The van der Waals surface area contributed by atoms with E-state index >= 15 is 0 Å². The molecule has 0 spiro atoms. The van der Waals surface area contributed by atoms with Gasteiger partial charge in [0.2, 0.25) is 10.0 Å². The molecular formula is C26H28FN3O4S. The van der Waals surface area contributed by atoms with Crippen LogP contribution in [0.25, 0.3) is 0 Å². The van der Waals surface area contributed by atoms with E-state index in [4.69, 9.17) is 0 Å². The summed E-state index contributed by atoms with van der Waals surface area (Å²) in [4.78, 5) is 25.4. The normalized spacial score (nSPS) is 12.0. The first-order valence-corrected chi connectivity index (χ1v) is 13.0. The SMILES string of the molecule is CC[C@@H](C)NC(=O)c1ccccc1NC(=O)c1ccc(N(Cc2ccc(F)cc2)S(C)(=O)=O)cc1. The number of amides is 2. The van der Waals surface area contributed by atoms with Crippen molar-refractivity contribution in [3.05, 3.63) is 95.3 Å². The van der Waals surface area contributed by atoms with Crippen molar-refractivity contribution in [1.82, 2.24) is 5.32 Å². The molecule has 3 rings (SSSR count). The number of halogens is 1. The fourth-order valence-electron chi connectivity index (χ4n) is 3.32. The van der Waals surface area contributed by atoms with Crippen molar-refractivity contribution in [3.8, 4) is 0 Å². The largest absolute Gasteiger partial charge is 0.350 e. The van der Waals surface area contributed by atoms with Crippen LogP contribution in [0.3, 0.4) is 0 Å². The third-order valence-corrected chi connectivity index (χ3v) is 6.61. The first-order chi connectivity index (χ1) is 16.6. The van der Waals surface area contributed by atoms with Gasteiger partial charge in [0.05, 0.1) is 29.7 Å². The predicted molar refractivity (Wildman–Crippen MR) is 135 cm³/mol. The van der Waals surface area contributed by atoms with Crippen LogP contribution in [0, 0.1) is 5.82 Å². The molecule has 0 bridgehead atoms. The summed E-state index contributed by atoms with van der Waals surface area (Å²) in [6.07, 6.45) is 1.86. The number of hydrogen-bond acceptors (Lipinski definition) is 4. The zero-order chi connectivity index (χ0) is 25.6. The highest BCUT2D eigenvalue weighted by Gasteiger charge is 2.19. The molecule has 0 fully saturated rings. The average molecular weight is 498 g/mol. The number of benzene rings is 3. The Balaban J connectivity index is 1.79. The van der Waals surface area contributed by atoms with Gasteiger partial charge in [-0.3, -0.25) is 13.9 Å². The Morgan fingerprint density at radius 2 is 1.57 bits per heavy atom. The van der Waals surface area contributed by atoms with Crippen molar-refractivity contribution < 1.29 is 22.4 Å². The topological polar surface area (TPSA) is 95.6 Å². The van der Waals surface area contributed by atoms with Crippen LogP contribution >= 0.6 is 0 Å². The fraction of sp³-hybridized carbons (Fsp3) is 0.231. The Hall–Kier alpha value is -3.72. The Morgan fingerprint density at radius 3 is 2.17 bits per heavy atom. The van der Waals surface area contributed by atoms with Crippen molar-refractivity contribution in [1.29, 1.82) is 0 Å². The number of sulfonamides is 1. The third kappa shape index (κ3) is 6.89. The second-order valence-electron chi connectivity index (χ2n) is 8.23. The number of carbonyl (C=O) groups is 2. The number of hydrogen-bond donors (Lipinski definition) is 2. The van der Waals surface area contributed by atoms with E-state index in [9.17, 15) is 22.4 Å². The predicted octanol–water partition coefficient (Wildman–Crippen LogP) is 4.57. The summed E-state index contributed by atoms with van der Waals surface area (Å²) in [5, 5.41) is 5.64. The molecule has 0 heterocycles. The molecule has 2 amide bonds. The van der Waals surface area contributed by atoms with Crippen molar-refractivity contribution in [2.75, 3.05) is 15.9 Å². The standard InChI is InChI=1S/C26H28FN3O4S/c1-4-18(2)28-26(32)23-7-5-6-8-24(23)29-25(31)20-11-15-22(16-12-20)30(35(3,33)34)17-19-9-13-21(27)14-10-19/h5-16,18H,4,17H2,1-3H3,(H,28,32)(H,29,31)/t18-/m1/s1. The smallest absolute Gasteiger partial charge is 0.255 e. The van der Waals surface area contributed by atoms with Gasteiger partial charge >= 0.3 is 0 Å². The van der Waals surface area contributed by atoms with E-state index in [1.54, 1.807) is 24.3 Å². The lowest BCUT2D eigenvalue weighted by molar-refractivity contribution is 0.0940. The molecule has 3 aromatic carbocycles. The third-order valence-electron chi connectivity index (χ3n) is 5.47. The second-order valence-corrected chi connectivity index (χ2v) is 10.1. The van der Waals surface area contributed by atoms with Gasteiger partial charge in [-0.15, -0.1) is 0 Å². The van der Waals surface area contributed by atoms with Gasteiger partial charge < -0.3 is 10.6 Å². The van der Waals surface area contributed by atoms with Crippen LogP contribution in [0.15, 0.2) is 72.8 Å². The monoisotopic (exact) mass is 497 g/mol. The molecule has 0 aliphatic heterocycles. The van der Waals surface area contributed by atoms with Gasteiger partial charge in [0.1, 0.15) is 5.82 Å². The molecule has 7 nitrogen and oxygen atoms in total. The molecule has 184 valence electrons. The van der Waals surface area contributed by atoms with Gasteiger partial charge in [-0.25, -0.2) is 12.8 Å². The molecule has 0 aliphatic rings. The van der Waals surface area contributed by atoms with Gasteiger partial charge in [-0.1, -0.05) is 31.2 Å². The molecule has 35 heavy (non-hydrogen) atoms. The lowest BCUT2D eigenvalue weighted by Gasteiger charge is -2.23. The number of para-hydroxylation sites is 1. The average Bonchev–Trinajstić information content (AvgIpc) is 2.83. The van der Waals surface area contributed by atoms with E-state index in [1.807, 2.05) is 13.8 Å². The van der Waals surface area contributed by atoms with Crippen LogP contribution in [0.2, 0.25) is 0 Å². The van der Waals surface area contributed by atoms with Crippen LogP contribution in [-0.2, 0) is 16.6 Å². The Kier molecular flexibility index (Phi) is 8.24. The van der Waals surface area contributed by atoms with Gasteiger partial charge in [0.25, 0.3) is 11.8 Å². The molecule has 0 saturated heterocycles. The number of nitrogens with zero attached hydrogens (tertiary/aromatic N) is 1. The minimum absolute atomic E-state index is 0.00787. The minimum Gasteiger partial charge on any atom is -0.350 e. The van der Waals surface area contributed by atoms with E-state index in [1.165, 1.54) is 52.8 Å². The lowest BCUT2D eigenvalue weighted by atomic mass is 10.1. The molecule has 9 heteroatoms. The molecule has 0 unspecified atom stereocenters. The summed E-state index contributed by atoms with van der Waals surface area (Å²) < 4.78 is 39.2. The van der Waals surface area contributed by atoms with Crippen LogP contribution in [0.4, 0.5) is 15.8 Å². The summed E-state index contributed by atoms with van der Waals surface area (Å²) in [5.74, 6) is -1.13. The van der Waals surface area contributed by atoms with Crippen molar-refractivity contribution in [3.63, 3.8) is 0 Å². The Bertz CT molecular complexity index is 1290. The Morgan fingerprint density at radius 1 is 0.943 bits per heavy atom. The maximum absolute atomic E-state index is 13.2. The highest BCUT2D eigenvalue weighted by atomic mass is 32.2. The van der Waals surface area contributed by atoms with Crippen LogP contribution in [-0.4, -0.2) is 32.5 Å². The number of nitrogens with one attached hydrogen (secondary N) is 2. The van der Waals surface area contributed by atoms with E-state index in [0.717, 1.165) is 12.7 Å². The first-order valence-electron chi connectivity index (χ1n) is 11.1. The summed E-state index contributed by atoms with van der Waals surface area (Å²) in [7, 11) is -3.64. The summed E-state index contributed by atoms with van der Waals surface area (Å²) in [6.45, 7) is 3.88. The van der Waals surface area contributed by atoms with Crippen molar-refractivity contribution in [2.24, 2.45) is 0 Å².